The Labute approximate surface area is 71.8 Å². The fourth-order valence-electron chi connectivity index (χ4n) is 0.800. The first-order chi connectivity index (χ1) is 5.33. The number of allylic oxidation sites excluding steroid dienone is 1. The molecular formula is C9H13NS. The minimum absolute atomic E-state index is 1.12. The van der Waals surface area contributed by atoms with Crippen LogP contribution < -0.4 is 0 Å². The number of hydrogen-bond donors (Lipinski definition) is 0. The van der Waals surface area contributed by atoms with E-state index in [1.165, 1.54) is 11.3 Å². The summed E-state index contributed by atoms with van der Waals surface area (Å²) in [6.07, 6.45) is 8.55. The van der Waals surface area contributed by atoms with Gasteiger partial charge in [0.25, 0.3) is 0 Å². The Morgan fingerprint density at radius 2 is 2.45 bits per heavy atom. The molecule has 0 unspecified atom stereocenters. The number of rotatable bonds is 3. The van der Waals surface area contributed by atoms with E-state index in [0.717, 1.165) is 11.4 Å². The third kappa shape index (κ3) is 2.85. The molecule has 0 aliphatic rings. The van der Waals surface area contributed by atoms with Crippen LogP contribution in [0, 0.1) is 6.92 Å². The van der Waals surface area contributed by atoms with Crippen LogP contribution in [0.5, 0.6) is 0 Å². The van der Waals surface area contributed by atoms with E-state index in [-0.39, 0.29) is 0 Å². The minimum atomic E-state index is 1.12. The monoisotopic (exact) mass is 167 g/mol. The summed E-state index contributed by atoms with van der Waals surface area (Å²) < 4.78 is 0. The molecule has 0 bridgehead atoms. The van der Waals surface area contributed by atoms with E-state index < -0.39 is 0 Å². The van der Waals surface area contributed by atoms with Crippen molar-refractivity contribution in [3.8, 4) is 0 Å². The summed E-state index contributed by atoms with van der Waals surface area (Å²) >= 11 is 1.74. The average Bonchev–Trinajstić information content (AvgIpc) is 2.37. The van der Waals surface area contributed by atoms with Crippen LogP contribution >= 0.6 is 11.3 Å². The fourth-order valence-corrected chi connectivity index (χ4v) is 1.51. The lowest BCUT2D eigenvalue weighted by Crippen LogP contribution is -1.65. The van der Waals surface area contributed by atoms with E-state index in [1.807, 2.05) is 6.20 Å². The van der Waals surface area contributed by atoms with Crippen LogP contribution in [0.2, 0.25) is 0 Å². The van der Waals surface area contributed by atoms with Crippen molar-refractivity contribution >= 4 is 17.4 Å². The van der Waals surface area contributed by atoms with E-state index in [4.69, 9.17) is 0 Å². The lowest BCUT2D eigenvalue weighted by Gasteiger charge is -1.82. The maximum Gasteiger partial charge on any atom is 0.115 e. The largest absolute Gasteiger partial charge is 0.245 e. The second kappa shape index (κ2) is 4.29. The van der Waals surface area contributed by atoms with Crippen molar-refractivity contribution in [2.75, 3.05) is 0 Å². The van der Waals surface area contributed by atoms with Gasteiger partial charge in [0, 0.05) is 11.1 Å². The van der Waals surface area contributed by atoms with Crippen molar-refractivity contribution < 1.29 is 0 Å². The van der Waals surface area contributed by atoms with Gasteiger partial charge in [-0.15, -0.1) is 11.3 Å². The number of unbranched alkanes of at least 4 members (excludes halogenated alkanes) is 1. The second-order valence-electron chi connectivity index (χ2n) is 2.50. The molecule has 1 aromatic heterocycles. The molecule has 2 heteroatoms. The maximum absolute atomic E-state index is 4.22. The molecular weight excluding hydrogens is 154 g/mol. The highest BCUT2D eigenvalue weighted by atomic mass is 32.1. The standard InChI is InChI=1S/C9H13NS/c1-3-4-5-6-9-10-7-8(2)11-9/h5-7H,3-4H2,1-2H3/b6-5+. The third-order valence-corrected chi connectivity index (χ3v) is 2.23. The van der Waals surface area contributed by atoms with Gasteiger partial charge in [-0.05, 0) is 19.4 Å². The van der Waals surface area contributed by atoms with Gasteiger partial charge in [0.05, 0.1) is 0 Å². The fraction of sp³-hybridized carbons (Fsp3) is 0.444. The normalized spacial score (nSPS) is 11.1. The Balaban J connectivity index is 2.50. The van der Waals surface area contributed by atoms with Crippen molar-refractivity contribution in [3.63, 3.8) is 0 Å². The Hall–Kier alpha value is -0.630. The van der Waals surface area contributed by atoms with Gasteiger partial charge < -0.3 is 0 Å². The quantitative estimate of drug-likeness (QED) is 0.673. The van der Waals surface area contributed by atoms with E-state index in [0.29, 0.717) is 0 Å². The first-order valence-corrected chi connectivity index (χ1v) is 4.73. The minimum Gasteiger partial charge on any atom is -0.245 e. The number of aryl methyl sites for hydroxylation is 1. The van der Waals surface area contributed by atoms with Crippen LogP contribution in [0.15, 0.2) is 12.3 Å². The zero-order valence-corrected chi connectivity index (χ0v) is 7.82. The molecule has 1 aromatic rings. The second-order valence-corrected chi connectivity index (χ2v) is 3.77. The number of nitrogens with zero attached hydrogens (tertiary/aromatic N) is 1. The van der Waals surface area contributed by atoms with Crippen molar-refractivity contribution in [2.45, 2.75) is 26.7 Å². The molecule has 0 atom stereocenters. The average molecular weight is 167 g/mol. The predicted molar refractivity (Wildman–Crippen MR) is 50.8 cm³/mol. The number of aromatic nitrogens is 1. The summed E-state index contributed by atoms with van der Waals surface area (Å²) in [4.78, 5) is 5.50. The van der Waals surface area contributed by atoms with E-state index in [2.05, 4.69) is 31.0 Å². The van der Waals surface area contributed by atoms with E-state index in [1.54, 1.807) is 11.3 Å². The third-order valence-electron chi connectivity index (χ3n) is 1.35. The number of thiazole rings is 1. The molecule has 0 N–H and O–H groups in total. The summed E-state index contributed by atoms with van der Waals surface area (Å²) in [6.45, 7) is 4.26. The van der Waals surface area contributed by atoms with Crippen molar-refractivity contribution in [2.24, 2.45) is 0 Å². The van der Waals surface area contributed by atoms with Gasteiger partial charge in [0.1, 0.15) is 5.01 Å². The zero-order valence-electron chi connectivity index (χ0n) is 7.00. The highest BCUT2D eigenvalue weighted by Gasteiger charge is 1.90. The first kappa shape index (κ1) is 8.47. The molecule has 1 rings (SSSR count). The predicted octanol–water partition coefficient (Wildman–Crippen LogP) is 3.26. The van der Waals surface area contributed by atoms with Crippen molar-refractivity contribution in [1.82, 2.24) is 4.98 Å². The molecule has 11 heavy (non-hydrogen) atoms. The summed E-state index contributed by atoms with van der Waals surface area (Å²) in [7, 11) is 0. The molecule has 0 radical (unpaired) electrons. The van der Waals surface area contributed by atoms with Crippen LogP contribution in [0.25, 0.3) is 6.08 Å². The molecule has 0 spiro atoms. The van der Waals surface area contributed by atoms with Gasteiger partial charge in [-0.25, -0.2) is 4.98 Å². The summed E-state index contributed by atoms with van der Waals surface area (Å²) in [5, 5.41) is 1.12. The smallest absolute Gasteiger partial charge is 0.115 e. The summed E-state index contributed by atoms with van der Waals surface area (Å²) in [5.41, 5.74) is 0. The van der Waals surface area contributed by atoms with Gasteiger partial charge in [0.2, 0.25) is 0 Å². The Morgan fingerprint density at radius 1 is 1.64 bits per heavy atom. The molecule has 0 aliphatic carbocycles. The summed E-state index contributed by atoms with van der Waals surface area (Å²) in [5.74, 6) is 0. The maximum atomic E-state index is 4.22. The lowest BCUT2D eigenvalue weighted by atomic mass is 10.3. The van der Waals surface area contributed by atoms with Crippen LogP contribution in [0.1, 0.15) is 29.7 Å². The highest BCUT2D eigenvalue weighted by Crippen LogP contribution is 2.12. The van der Waals surface area contributed by atoms with Crippen molar-refractivity contribution in [3.05, 3.63) is 22.2 Å². The van der Waals surface area contributed by atoms with Crippen molar-refractivity contribution in [1.29, 1.82) is 0 Å². The Morgan fingerprint density at radius 3 is 3.00 bits per heavy atom. The van der Waals surface area contributed by atoms with Gasteiger partial charge in [-0.1, -0.05) is 19.4 Å². The molecule has 0 fully saturated rings. The van der Waals surface area contributed by atoms with Gasteiger partial charge in [-0.3, -0.25) is 0 Å². The number of hydrogen-bond acceptors (Lipinski definition) is 2. The van der Waals surface area contributed by atoms with Gasteiger partial charge in [0.15, 0.2) is 0 Å². The van der Waals surface area contributed by atoms with Crippen LogP contribution in [0.4, 0.5) is 0 Å². The zero-order chi connectivity index (χ0) is 8.10. The van der Waals surface area contributed by atoms with Crippen LogP contribution in [-0.4, -0.2) is 4.98 Å². The van der Waals surface area contributed by atoms with E-state index in [9.17, 15) is 0 Å². The molecule has 60 valence electrons. The molecule has 0 amide bonds. The van der Waals surface area contributed by atoms with Gasteiger partial charge in [-0.2, -0.15) is 0 Å². The van der Waals surface area contributed by atoms with Gasteiger partial charge >= 0.3 is 0 Å². The SMILES string of the molecule is CCC/C=C/c1ncc(C)s1. The Bertz CT molecular complexity index is 237. The Kier molecular flexibility index (Phi) is 3.30. The molecule has 0 saturated heterocycles. The lowest BCUT2D eigenvalue weighted by molar-refractivity contribution is 0.962. The first-order valence-electron chi connectivity index (χ1n) is 3.92. The molecule has 1 nitrogen and oxygen atoms in total. The van der Waals surface area contributed by atoms with Crippen LogP contribution in [-0.2, 0) is 0 Å². The summed E-state index contributed by atoms with van der Waals surface area (Å²) in [6, 6.07) is 0. The van der Waals surface area contributed by atoms with Crippen LogP contribution in [0.3, 0.4) is 0 Å². The molecule has 1 heterocycles. The molecule has 0 aliphatic heterocycles. The molecule has 0 saturated carbocycles. The topological polar surface area (TPSA) is 12.9 Å². The highest BCUT2D eigenvalue weighted by molar-refractivity contribution is 7.12. The molecule has 0 aromatic carbocycles. The van der Waals surface area contributed by atoms with E-state index >= 15 is 0 Å².